The van der Waals surface area contributed by atoms with Gasteiger partial charge in [-0.05, 0) is 73.6 Å². The molecule has 1 aromatic carbocycles. The third kappa shape index (κ3) is 5.78. The molecule has 0 bridgehead atoms. The van der Waals surface area contributed by atoms with Crippen LogP contribution >= 0.6 is 0 Å². The van der Waals surface area contributed by atoms with E-state index in [1.165, 1.54) is 6.20 Å². The highest BCUT2D eigenvalue weighted by Gasteiger charge is 2.37. The van der Waals surface area contributed by atoms with Crippen LogP contribution < -0.4 is 5.32 Å². The highest BCUT2D eigenvalue weighted by Crippen LogP contribution is 2.42. The second kappa shape index (κ2) is 10.5. The van der Waals surface area contributed by atoms with E-state index >= 15 is 0 Å². The molecule has 1 aromatic heterocycles. The number of rotatable bonds is 8. The first kappa shape index (κ1) is 25.5. The van der Waals surface area contributed by atoms with Crippen molar-refractivity contribution in [2.75, 3.05) is 19.6 Å². The second-order valence-electron chi connectivity index (χ2n) is 9.88. The average molecular weight is 490 g/mol. The molecule has 0 spiro atoms. The summed E-state index contributed by atoms with van der Waals surface area (Å²) in [6.07, 6.45) is 2.90. The molecule has 2 amide bonds. The molecule has 2 aliphatic rings. The largest absolute Gasteiger partial charge is 0.416 e. The first-order chi connectivity index (χ1) is 16.7. The second-order valence-corrected chi connectivity index (χ2v) is 9.88. The maximum atomic E-state index is 14.1. The number of likely N-dealkylation sites (tertiary alicyclic amines) is 1. The number of alkyl halides is 3. The molecular weight excluding hydrogens is 455 g/mol. The molecule has 0 radical (unpaired) electrons. The number of nitrogens with zero attached hydrogens (tertiary/aromatic N) is 2. The number of hydrogen-bond donors (Lipinski definition) is 1. The number of halogens is 3. The summed E-state index contributed by atoms with van der Waals surface area (Å²) < 4.78 is 42.3. The molecular formula is C27H34F3N3O2. The van der Waals surface area contributed by atoms with Gasteiger partial charge in [0.15, 0.2) is 5.78 Å². The highest BCUT2D eigenvalue weighted by molar-refractivity contribution is 6.02. The van der Waals surface area contributed by atoms with E-state index in [0.717, 1.165) is 37.3 Å². The minimum Gasteiger partial charge on any atom is -0.338 e. The van der Waals surface area contributed by atoms with Crippen molar-refractivity contribution < 1.29 is 22.8 Å². The number of urea groups is 1. The van der Waals surface area contributed by atoms with Gasteiger partial charge in [0.25, 0.3) is 0 Å². The normalized spacial score (nSPS) is 17.1. The summed E-state index contributed by atoms with van der Waals surface area (Å²) in [6, 6.07) is 2.62. The molecule has 1 saturated heterocycles. The summed E-state index contributed by atoms with van der Waals surface area (Å²) in [5, 5.41) is 3.52. The number of ketones is 1. The molecule has 1 saturated carbocycles. The Kier molecular flexibility index (Phi) is 7.67. The molecule has 8 heteroatoms. The minimum absolute atomic E-state index is 0.0302. The van der Waals surface area contributed by atoms with Crippen molar-refractivity contribution in [2.45, 2.75) is 77.3 Å². The number of piperidine rings is 1. The molecule has 35 heavy (non-hydrogen) atoms. The first-order valence-corrected chi connectivity index (χ1v) is 12.8. The lowest BCUT2D eigenvalue weighted by Gasteiger charge is -2.33. The molecule has 2 aromatic rings. The third-order valence-corrected chi connectivity index (χ3v) is 7.31. The van der Waals surface area contributed by atoms with Crippen LogP contribution in [-0.4, -0.2) is 41.3 Å². The van der Waals surface area contributed by atoms with Crippen molar-refractivity contribution in [2.24, 2.45) is 5.92 Å². The van der Waals surface area contributed by atoms with Crippen molar-refractivity contribution in [1.29, 1.82) is 0 Å². The Morgan fingerprint density at radius 2 is 1.83 bits per heavy atom. The zero-order valence-electron chi connectivity index (χ0n) is 20.5. The van der Waals surface area contributed by atoms with E-state index in [0.29, 0.717) is 62.2 Å². The van der Waals surface area contributed by atoms with E-state index < -0.39 is 11.7 Å². The van der Waals surface area contributed by atoms with Crippen molar-refractivity contribution in [3.05, 3.63) is 40.6 Å². The fourth-order valence-corrected chi connectivity index (χ4v) is 5.09. The number of carbonyl (C=O) groups is 2. The lowest BCUT2D eigenvalue weighted by atomic mass is 9.84. The molecule has 0 unspecified atom stereocenters. The monoisotopic (exact) mass is 489 g/mol. The number of fused-ring (bicyclic) bond motifs is 1. The van der Waals surface area contributed by atoms with E-state index in [-0.39, 0.29) is 28.8 Å². The van der Waals surface area contributed by atoms with E-state index in [9.17, 15) is 22.8 Å². The molecule has 1 N–H and O–H groups in total. The molecule has 1 aliphatic heterocycles. The molecule has 0 atom stereocenters. The Hall–Kier alpha value is -2.64. The Balaban J connectivity index is 1.64. The van der Waals surface area contributed by atoms with Crippen LogP contribution in [0.15, 0.2) is 18.3 Å². The van der Waals surface area contributed by atoms with Crippen molar-refractivity contribution in [3.8, 4) is 0 Å². The lowest BCUT2D eigenvalue weighted by Crippen LogP contribution is -2.44. The summed E-state index contributed by atoms with van der Waals surface area (Å²) in [7, 11) is 0. The minimum atomic E-state index is -4.51. The zero-order valence-corrected chi connectivity index (χ0v) is 20.5. The van der Waals surface area contributed by atoms with Crippen LogP contribution in [0.1, 0.15) is 91.8 Å². The number of amides is 2. The standard InChI is InChI=1S/C27H34F3N3O2/c1-3-5-10-31-26(35)33-11-8-18(9-12-33)20-14-21-19(4-2)22(25(34)13-17-6-7-17)16-32-24(21)15-23(20)27(28,29)30/h14-18H,3-13H2,1-2H3,(H,31,35). The number of pyridine rings is 1. The first-order valence-electron chi connectivity index (χ1n) is 12.8. The van der Waals surface area contributed by atoms with Gasteiger partial charge in [-0.15, -0.1) is 0 Å². The summed E-state index contributed by atoms with van der Waals surface area (Å²) in [4.78, 5) is 31.2. The van der Waals surface area contributed by atoms with Gasteiger partial charge in [0.1, 0.15) is 0 Å². The lowest BCUT2D eigenvalue weighted by molar-refractivity contribution is -0.138. The SMILES string of the molecule is CCCCNC(=O)N1CCC(c2cc3c(CC)c(C(=O)CC4CC4)cnc3cc2C(F)(F)F)CC1. The average Bonchev–Trinajstić information content (AvgIpc) is 3.66. The number of carbonyl (C=O) groups excluding carboxylic acids is 2. The van der Waals surface area contributed by atoms with Crippen LogP contribution in [0.25, 0.3) is 10.9 Å². The van der Waals surface area contributed by atoms with Gasteiger partial charge >= 0.3 is 12.2 Å². The van der Waals surface area contributed by atoms with E-state index in [1.54, 1.807) is 11.0 Å². The molecule has 1 aliphatic carbocycles. The summed E-state index contributed by atoms with van der Waals surface area (Å²) in [6.45, 7) is 5.40. The Morgan fingerprint density at radius 1 is 1.11 bits per heavy atom. The van der Waals surface area contributed by atoms with Gasteiger partial charge in [-0.2, -0.15) is 13.2 Å². The van der Waals surface area contributed by atoms with E-state index in [4.69, 9.17) is 0 Å². The van der Waals surface area contributed by atoms with Crippen molar-refractivity contribution in [3.63, 3.8) is 0 Å². The zero-order chi connectivity index (χ0) is 25.2. The Labute approximate surface area is 204 Å². The van der Waals surface area contributed by atoms with Crippen LogP contribution in [0.2, 0.25) is 0 Å². The molecule has 2 fully saturated rings. The number of Topliss-reactive ketones (excluding diaryl/α,β-unsaturated/α-hetero) is 1. The molecule has 190 valence electrons. The fourth-order valence-electron chi connectivity index (χ4n) is 5.09. The van der Waals surface area contributed by atoms with Crippen LogP contribution in [0.4, 0.5) is 18.0 Å². The predicted molar refractivity (Wildman–Crippen MR) is 130 cm³/mol. The molecule has 4 rings (SSSR count). The van der Waals surface area contributed by atoms with Crippen molar-refractivity contribution in [1.82, 2.24) is 15.2 Å². The van der Waals surface area contributed by atoms with Crippen LogP contribution in [0.5, 0.6) is 0 Å². The van der Waals surface area contributed by atoms with Gasteiger partial charge in [0.2, 0.25) is 0 Å². The number of benzene rings is 1. The van der Waals surface area contributed by atoms with E-state index in [2.05, 4.69) is 10.3 Å². The smallest absolute Gasteiger partial charge is 0.338 e. The number of hydrogen-bond acceptors (Lipinski definition) is 3. The Bertz CT molecular complexity index is 1090. The van der Waals surface area contributed by atoms with Crippen molar-refractivity contribution >= 4 is 22.7 Å². The van der Waals surface area contributed by atoms with Gasteiger partial charge in [-0.1, -0.05) is 20.3 Å². The Morgan fingerprint density at radius 3 is 2.43 bits per heavy atom. The fraction of sp³-hybridized carbons (Fsp3) is 0.593. The van der Waals surface area contributed by atoms with E-state index in [1.807, 2.05) is 13.8 Å². The number of aryl methyl sites for hydroxylation is 1. The summed E-state index contributed by atoms with van der Waals surface area (Å²) in [5.74, 6) is 0.143. The maximum absolute atomic E-state index is 14.1. The van der Waals surface area contributed by atoms with Crippen LogP contribution in [0.3, 0.4) is 0 Å². The van der Waals surface area contributed by atoms with Crippen LogP contribution in [-0.2, 0) is 12.6 Å². The van der Waals surface area contributed by atoms with Crippen LogP contribution in [0, 0.1) is 5.92 Å². The topological polar surface area (TPSA) is 62.3 Å². The summed E-state index contributed by atoms with van der Waals surface area (Å²) in [5.41, 5.74) is 1.18. The highest BCUT2D eigenvalue weighted by atomic mass is 19.4. The third-order valence-electron chi connectivity index (χ3n) is 7.31. The predicted octanol–water partition coefficient (Wildman–Crippen LogP) is 6.49. The molecule has 5 nitrogen and oxygen atoms in total. The maximum Gasteiger partial charge on any atom is 0.416 e. The quantitative estimate of drug-likeness (QED) is 0.341. The molecule has 2 heterocycles. The number of nitrogens with one attached hydrogen (secondary N) is 1. The number of aromatic nitrogens is 1. The number of unbranched alkanes of at least 4 members (excludes halogenated alkanes) is 1. The van der Waals surface area contributed by atoms with Gasteiger partial charge in [0.05, 0.1) is 11.1 Å². The van der Waals surface area contributed by atoms with Gasteiger partial charge in [-0.3, -0.25) is 9.78 Å². The van der Waals surface area contributed by atoms with Gasteiger partial charge in [-0.25, -0.2) is 4.79 Å². The van der Waals surface area contributed by atoms with Gasteiger partial charge in [0, 0.05) is 43.2 Å². The summed E-state index contributed by atoms with van der Waals surface area (Å²) >= 11 is 0. The van der Waals surface area contributed by atoms with Gasteiger partial charge < -0.3 is 10.2 Å².